The van der Waals surface area contributed by atoms with Gasteiger partial charge in [-0.3, -0.25) is 0 Å². The van der Waals surface area contributed by atoms with Crippen LogP contribution >= 0.6 is 0 Å². The van der Waals surface area contributed by atoms with E-state index in [4.69, 9.17) is 10.5 Å². The second kappa shape index (κ2) is 6.52. The van der Waals surface area contributed by atoms with Crippen molar-refractivity contribution in [1.82, 2.24) is 9.97 Å². The maximum absolute atomic E-state index is 11.6. The van der Waals surface area contributed by atoms with Gasteiger partial charge in [0.1, 0.15) is 0 Å². The average Bonchev–Trinajstić information content (AvgIpc) is 2.62. The van der Waals surface area contributed by atoms with Crippen molar-refractivity contribution in [2.45, 2.75) is 4.90 Å². The molecule has 0 radical (unpaired) electrons. The summed E-state index contributed by atoms with van der Waals surface area (Å²) in [5.41, 5.74) is 9.46. The molecule has 6 nitrogen and oxygen atoms in total. The molecule has 2 aromatic heterocycles. The number of nitrogens with zero attached hydrogens (tertiary/aromatic N) is 2. The Labute approximate surface area is 146 Å². The molecule has 0 saturated carbocycles. The molecule has 0 fully saturated rings. The molecule has 0 bridgehead atoms. The first-order chi connectivity index (χ1) is 11.9. The normalized spacial score (nSPS) is 11.3. The third kappa shape index (κ3) is 3.61. The van der Waals surface area contributed by atoms with Gasteiger partial charge in [-0.05, 0) is 30.3 Å². The number of benzene rings is 1. The van der Waals surface area contributed by atoms with Gasteiger partial charge in [0.25, 0.3) is 0 Å². The molecule has 0 spiro atoms. The van der Waals surface area contributed by atoms with Crippen LogP contribution < -0.4 is 10.5 Å². The summed E-state index contributed by atoms with van der Waals surface area (Å²) in [6, 6.07) is 13.7. The third-order valence-corrected chi connectivity index (χ3v) is 4.85. The van der Waals surface area contributed by atoms with Gasteiger partial charge in [-0.1, -0.05) is 12.1 Å². The molecule has 0 amide bonds. The summed E-state index contributed by atoms with van der Waals surface area (Å²) in [6.07, 6.45) is 2.83. The first kappa shape index (κ1) is 16.9. The number of aromatic nitrogens is 2. The van der Waals surface area contributed by atoms with Crippen LogP contribution in [0.5, 0.6) is 5.88 Å². The second-order valence-electron chi connectivity index (χ2n) is 5.52. The number of sulfone groups is 1. The molecule has 0 aliphatic heterocycles. The molecule has 25 heavy (non-hydrogen) atoms. The topological polar surface area (TPSA) is 95.2 Å². The number of hydrogen-bond donors (Lipinski definition) is 1. The Morgan fingerprint density at radius 1 is 0.960 bits per heavy atom. The number of hydrogen-bond acceptors (Lipinski definition) is 6. The Morgan fingerprint density at radius 2 is 1.64 bits per heavy atom. The fourth-order valence-corrected chi connectivity index (χ4v) is 3.01. The van der Waals surface area contributed by atoms with Crippen LogP contribution in [0.1, 0.15) is 0 Å². The molecule has 128 valence electrons. The van der Waals surface area contributed by atoms with Crippen molar-refractivity contribution in [3.05, 3.63) is 54.7 Å². The average molecular weight is 355 g/mol. The fourth-order valence-electron chi connectivity index (χ4n) is 2.38. The third-order valence-electron chi connectivity index (χ3n) is 3.72. The van der Waals surface area contributed by atoms with Gasteiger partial charge in [-0.25, -0.2) is 18.4 Å². The van der Waals surface area contributed by atoms with Gasteiger partial charge >= 0.3 is 0 Å². The minimum Gasteiger partial charge on any atom is -0.481 e. The van der Waals surface area contributed by atoms with E-state index in [0.717, 1.165) is 11.1 Å². The molecule has 1 aromatic carbocycles. The van der Waals surface area contributed by atoms with E-state index in [2.05, 4.69) is 9.97 Å². The molecule has 3 aromatic rings. The molecular formula is C18H17N3O3S. The van der Waals surface area contributed by atoms with Gasteiger partial charge in [0, 0.05) is 29.6 Å². The maximum Gasteiger partial charge on any atom is 0.212 e. The monoisotopic (exact) mass is 355 g/mol. The first-order valence-corrected chi connectivity index (χ1v) is 9.35. The molecule has 7 heteroatoms. The van der Waals surface area contributed by atoms with Crippen LogP contribution in [0.15, 0.2) is 59.6 Å². The van der Waals surface area contributed by atoms with E-state index in [1.165, 1.54) is 6.26 Å². The Hall–Kier alpha value is -2.93. The van der Waals surface area contributed by atoms with Gasteiger partial charge in [0.2, 0.25) is 5.88 Å². The largest absolute Gasteiger partial charge is 0.481 e. The SMILES string of the molecule is COc1ccc(-c2nc(-c3ccc(S(C)(=O)=O)cc3)ccc2N)cn1. The summed E-state index contributed by atoms with van der Waals surface area (Å²) in [6.45, 7) is 0. The predicted octanol–water partition coefficient (Wildman–Crippen LogP) is 2.80. The van der Waals surface area contributed by atoms with E-state index in [0.29, 0.717) is 23.0 Å². The van der Waals surface area contributed by atoms with Crippen molar-refractivity contribution in [1.29, 1.82) is 0 Å². The van der Waals surface area contributed by atoms with Crippen molar-refractivity contribution < 1.29 is 13.2 Å². The molecule has 0 aliphatic carbocycles. The lowest BCUT2D eigenvalue weighted by molar-refractivity contribution is 0.398. The zero-order chi connectivity index (χ0) is 18.0. The lowest BCUT2D eigenvalue weighted by Gasteiger charge is -2.09. The second-order valence-corrected chi connectivity index (χ2v) is 7.54. The standard InChI is InChI=1S/C18H17N3O3S/c1-24-17-10-5-13(11-20-17)18-15(19)8-9-16(21-18)12-3-6-14(7-4-12)25(2,22)23/h3-11H,19H2,1-2H3. The van der Waals surface area contributed by atoms with E-state index in [1.54, 1.807) is 55.8 Å². The number of nitrogen functional groups attached to an aromatic ring is 1. The Bertz CT molecular complexity index is 999. The van der Waals surface area contributed by atoms with E-state index < -0.39 is 9.84 Å². The summed E-state index contributed by atoms with van der Waals surface area (Å²) >= 11 is 0. The van der Waals surface area contributed by atoms with Crippen molar-refractivity contribution >= 4 is 15.5 Å². The van der Waals surface area contributed by atoms with E-state index in [9.17, 15) is 8.42 Å². The number of methoxy groups -OCH3 is 1. The van der Waals surface area contributed by atoms with Crippen LogP contribution in [0, 0.1) is 0 Å². The molecule has 0 saturated heterocycles. The Morgan fingerprint density at radius 3 is 2.20 bits per heavy atom. The molecule has 2 heterocycles. The first-order valence-electron chi connectivity index (χ1n) is 7.46. The zero-order valence-corrected chi connectivity index (χ0v) is 14.6. The molecule has 0 atom stereocenters. The molecule has 0 unspecified atom stereocenters. The van der Waals surface area contributed by atoms with Crippen LogP contribution in [0.3, 0.4) is 0 Å². The van der Waals surface area contributed by atoms with Crippen molar-refractivity contribution in [3.8, 4) is 28.4 Å². The van der Waals surface area contributed by atoms with E-state index in [-0.39, 0.29) is 4.90 Å². The molecule has 3 rings (SSSR count). The number of pyridine rings is 2. The van der Waals surface area contributed by atoms with Crippen molar-refractivity contribution in [3.63, 3.8) is 0 Å². The summed E-state index contributed by atoms with van der Waals surface area (Å²) in [7, 11) is -1.68. The Balaban J connectivity index is 2.01. The smallest absolute Gasteiger partial charge is 0.212 e. The van der Waals surface area contributed by atoms with Crippen molar-refractivity contribution in [2.24, 2.45) is 0 Å². The molecule has 0 aliphatic rings. The summed E-state index contributed by atoms with van der Waals surface area (Å²) in [4.78, 5) is 9.05. The van der Waals surface area contributed by atoms with Crippen LogP contribution in [-0.4, -0.2) is 31.8 Å². The van der Waals surface area contributed by atoms with Gasteiger partial charge < -0.3 is 10.5 Å². The van der Waals surface area contributed by atoms with Crippen LogP contribution in [0.2, 0.25) is 0 Å². The highest BCUT2D eigenvalue weighted by Gasteiger charge is 2.10. The molecular weight excluding hydrogens is 338 g/mol. The molecule has 2 N–H and O–H groups in total. The fraction of sp³-hybridized carbons (Fsp3) is 0.111. The highest BCUT2D eigenvalue weighted by molar-refractivity contribution is 7.90. The summed E-state index contributed by atoms with van der Waals surface area (Å²) in [5.74, 6) is 0.509. The number of nitrogens with two attached hydrogens (primary N) is 1. The summed E-state index contributed by atoms with van der Waals surface area (Å²) in [5, 5.41) is 0. The van der Waals surface area contributed by atoms with Gasteiger partial charge in [0.05, 0.1) is 29.1 Å². The van der Waals surface area contributed by atoms with Crippen LogP contribution in [0.4, 0.5) is 5.69 Å². The Kier molecular flexibility index (Phi) is 4.41. The van der Waals surface area contributed by atoms with Crippen LogP contribution in [0.25, 0.3) is 22.5 Å². The number of rotatable bonds is 4. The lowest BCUT2D eigenvalue weighted by Crippen LogP contribution is -1.98. The number of ether oxygens (including phenoxy) is 1. The van der Waals surface area contributed by atoms with Gasteiger partial charge in [-0.2, -0.15) is 0 Å². The van der Waals surface area contributed by atoms with Gasteiger partial charge in [0.15, 0.2) is 9.84 Å². The minimum absolute atomic E-state index is 0.270. The van der Waals surface area contributed by atoms with Crippen molar-refractivity contribution in [2.75, 3.05) is 19.1 Å². The minimum atomic E-state index is -3.23. The van der Waals surface area contributed by atoms with E-state index >= 15 is 0 Å². The van der Waals surface area contributed by atoms with E-state index in [1.807, 2.05) is 6.07 Å². The lowest BCUT2D eigenvalue weighted by atomic mass is 10.1. The highest BCUT2D eigenvalue weighted by atomic mass is 32.2. The summed E-state index contributed by atoms with van der Waals surface area (Å²) < 4.78 is 28.2. The maximum atomic E-state index is 11.6. The highest BCUT2D eigenvalue weighted by Crippen LogP contribution is 2.28. The predicted molar refractivity (Wildman–Crippen MR) is 97.0 cm³/mol. The zero-order valence-electron chi connectivity index (χ0n) is 13.8. The number of anilines is 1. The quantitative estimate of drug-likeness (QED) is 0.773. The van der Waals surface area contributed by atoms with Gasteiger partial charge in [-0.15, -0.1) is 0 Å². The van der Waals surface area contributed by atoms with Crippen LogP contribution in [-0.2, 0) is 9.84 Å².